The van der Waals surface area contributed by atoms with E-state index in [2.05, 4.69) is 12.0 Å². The van der Waals surface area contributed by atoms with Gasteiger partial charge in [0.05, 0.1) is 5.69 Å². The van der Waals surface area contributed by atoms with Gasteiger partial charge in [-0.25, -0.2) is 0 Å². The van der Waals surface area contributed by atoms with Crippen molar-refractivity contribution in [2.24, 2.45) is 11.7 Å². The maximum absolute atomic E-state index is 12.4. The number of aryl methyl sites for hydroxylation is 2. The summed E-state index contributed by atoms with van der Waals surface area (Å²) >= 11 is 0. The Hall–Kier alpha value is -1.36. The average molecular weight is 250 g/mol. The standard InChI is InChI=1S/C13H22N4O/c1-3-11-7-12(17(4-2)15-11)13(18)16-6-5-10(8-14)9-16/h7,10H,3-6,8-9,14H2,1-2H3. The van der Waals surface area contributed by atoms with Crippen LogP contribution in [-0.4, -0.2) is 40.2 Å². The summed E-state index contributed by atoms with van der Waals surface area (Å²) in [6.07, 6.45) is 1.88. The zero-order chi connectivity index (χ0) is 13.1. The Morgan fingerprint density at radius 1 is 1.56 bits per heavy atom. The molecule has 1 fully saturated rings. The molecular formula is C13H22N4O. The molecule has 0 aromatic carbocycles. The molecule has 2 heterocycles. The van der Waals surface area contributed by atoms with Gasteiger partial charge < -0.3 is 10.6 Å². The van der Waals surface area contributed by atoms with Gasteiger partial charge in [0, 0.05) is 19.6 Å². The van der Waals surface area contributed by atoms with Crippen LogP contribution in [0.5, 0.6) is 0 Å². The highest BCUT2D eigenvalue weighted by Crippen LogP contribution is 2.18. The van der Waals surface area contributed by atoms with Crippen molar-refractivity contribution in [2.75, 3.05) is 19.6 Å². The fourth-order valence-corrected chi connectivity index (χ4v) is 2.43. The largest absolute Gasteiger partial charge is 0.337 e. The van der Waals surface area contributed by atoms with Gasteiger partial charge in [0.1, 0.15) is 5.69 Å². The lowest BCUT2D eigenvalue weighted by atomic mass is 10.1. The molecule has 0 radical (unpaired) electrons. The summed E-state index contributed by atoms with van der Waals surface area (Å²) in [5.41, 5.74) is 7.36. The molecule has 1 aromatic heterocycles. The second-order valence-corrected chi connectivity index (χ2v) is 4.83. The van der Waals surface area contributed by atoms with E-state index in [0.29, 0.717) is 18.2 Å². The summed E-state index contributed by atoms with van der Waals surface area (Å²) in [5, 5.41) is 4.42. The Kier molecular flexibility index (Phi) is 4.01. The third kappa shape index (κ3) is 2.41. The SMILES string of the molecule is CCc1cc(C(=O)N2CCC(CN)C2)n(CC)n1. The third-order valence-corrected chi connectivity index (χ3v) is 3.62. The van der Waals surface area contributed by atoms with Crippen LogP contribution in [-0.2, 0) is 13.0 Å². The minimum Gasteiger partial charge on any atom is -0.337 e. The van der Waals surface area contributed by atoms with Crippen molar-refractivity contribution in [3.63, 3.8) is 0 Å². The normalized spacial score (nSPS) is 19.5. The first-order valence-corrected chi connectivity index (χ1v) is 6.75. The molecule has 1 aromatic rings. The predicted octanol–water partition coefficient (Wildman–Crippen LogP) is 0.886. The van der Waals surface area contributed by atoms with Gasteiger partial charge in [-0.1, -0.05) is 6.92 Å². The lowest BCUT2D eigenvalue weighted by Crippen LogP contribution is -2.31. The van der Waals surface area contributed by atoms with Gasteiger partial charge >= 0.3 is 0 Å². The number of likely N-dealkylation sites (tertiary alicyclic amines) is 1. The zero-order valence-corrected chi connectivity index (χ0v) is 11.2. The molecule has 1 aliphatic heterocycles. The highest BCUT2D eigenvalue weighted by Gasteiger charge is 2.28. The highest BCUT2D eigenvalue weighted by atomic mass is 16.2. The molecule has 2 N–H and O–H groups in total. The first-order chi connectivity index (χ1) is 8.69. The van der Waals surface area contributed by atoms with Crippen molar-refractivity contribution in [2.45, 2.75) is 33.2 Å². The van der Waals surface area contributed by atoms with E-state index in [9.17, 15) is 4.79 Å². The summed E-state index contributed by atoms with van der Waals surface area (Å²) in [7, 11) is 0. The molecule has 0 aliphatic carbocycles. The van der Waals surface area contributed by atoms with E-state index in [1.165, 1.54) is 0 Å². The smallest absolute Gasteiger partial charge is 0.272 e. The molecule has 100 valence electrons. The molecule has 5 heteroatoms. The molecule has 1 amide bonds. The molecule has 2 rings (SSSR count). The first kappa shape index (κ1) is 13.1. The number of hydrogen-bond acceptors (Lipinski definition) is 3. The number of carbonyl (C=O) groups excluding carboxylic acids is 1. The lowest BCUT2D eigenvalue weighted by Gasteiger charge is -2.16. The van der Waals surface area contributed by atoms with E-state index in [4.69, 9.17) is 5.73 Å². The minimum atomic E-state index is 0.0972. The van der Waals surface area contributed by atoms with Crippen molar-refractivity contribution in [1.82, 2.24) is 14.7 Å². The van der Waals surface area contributed by atoms with Crippen molar-refractivity contribution < 1.29 is 4.79 Å². The molecule has 1 unspecified atom stereocenters. The van der Waals surface area contributed by atoms with E-state index in [1.807, 2.05) is 17.9 Å². The van der Waals surface area contributed by atoms with Crippen molar-refractivity contribution in [3.8, 4) is 0 Å². The van der Waals surface area contributed by atoms with Crippen molar-refractivity contribution in [3.05, 3.63) is 17.5 Å². The van der Waals surface area contributed by atoms with Crippen LogP contribution < -0.4 is 5.73 Å². The molecule has 5 nitrogen and oxygen atoms in total. The van der Waals surface area contributed by atoms with Crippen LogP contribution in [0.4, 0.5) is 0 Å². The van der Waals surface area contributed by atoms with E-state index in [-0.39, 0.29) is 5.91 Å². The van der Waals surface area contributed by atoms with Gasteiger partial charge in [-0.3, -0.25) is 9.48 Å². The van der Waals surface area contributed by atoms with Gasteiger partial charge in [0.2, 0.25) is 0 Å². The number of hydrogen-bond donors (Lipinski definition) is 1. The fourth-order valence-electron chi connectivity index (χ4n) is 2.43. The topological polar surface area (TPSA) is 64.2 Å². The van der Waals surface area contributed by atoms with E-state index in [1.54, 1.807) is 4.68 Å². The fraction of sp³-hybridized carbons (Fsp3) is 0.692. The maximum atomic E-state index is 12.4. The zero-order valence-electron chi connectivity index (χ0n) is 11.2. The van der Waals surface area contributed by atoms with Crippen LogP contribution in [0.3, 0.4) is 0 Å². The Labute approximate surface area is 108 Å². The monoisotopic (exact) mass is 250 g/mol. The number of rotatable bonds is 4. The highest BCUT2D eigenvalue weighted by molar-refractivity contribution is 5.93. The molecular weight excluding hydrogens is 228 g/mol. The van der Waals surface area contributed by atoms with Crippen LogP contribution in [0, 0.1) is 5.92 Å². The number of aromatic nitrogens is 2. The second-order valence-electron chi connectivity index (χ2n) is 4.83. The second kappa shape index (κ2) is 5.52. The summed E-state index contributed by atoms with van der Waals surface area (Å²) < 4.78 is 1.80. The van der Waals surface area contributed by atoms with Crippen LogP contribution in [0.25, 0.3) is 0 Å². The minimum absolute atomic E-state index is 0.0972. The van der Waals surface area contributed by atoms with Gasteiger partial charge in [0.25, 0.3) is 5.91 Å². The van der Waals surface area contributed by atoms with Gasteiger partial charge in [-0.15, -0.1) is 0 Å². The average Bonchev–Trinajstić information content (AvgIpc) is 3.03. The molecule has 1 saturated heterocycles. The van der Waals surface area contributed by atoms with Crippen LogP contribution in [0.1, 0.15) is 36.5 Å². The Balaban J connectivity index is 2.15. The molecule has 0 spiro atoms. The van der Waals surface area contributed by atoms with Crippen molar-refractivity contribution >= 4 is 5.91 Å². The number of nitrogens with two attached hydrogens (primary N) is 1. The summed E-state index contributed by atoms with van der Waals surface area (Å²) in [6, 6.07) is 1.92. The Bertz CT molecular complexity index is 427. The molecule has 0 bridgehead atoms. The van der Waals surface area contributed by atoms with Crippen LogP contribution in [0.2, 0.25) is 0 Å². The quantitative estimate of drug-likeness (QED) is 0.863. The molecule has 1 aliphatic rings. The maximum Gasteiger partial charge on any atom is 0.272 e. The Morgan fingerprint density at radius 2 is 2.33 bits per heavy atom. The predicted molar refractivity (Wildman–Crippen MR) is 70.3 cm³/mol. The third-order valence-electron chi connectivity index (χ3n) is 3.62. The molecule has 1 atom stereocenters. The summed E-state index contributed by atoms with van der Waals surface area (Å²) in [4.78, 5) is 14.3. The first-order valence-electron chi connectivity index (χ1n) is 6.75. The van der Waals surface area contributed by atoms with Gasteiger partial charge in [-0.2, -0.15) is 5.10 Å². The number of carbonyl (C=O) groups is 1. The molecule has 0 saturated carbocycles. The van der Waals surface area contributed by atoms with Crippen molar-refractivity contribution in [1.29, 1.82) is 0 Å². The van der Waals surface area contributed by atoms with Crippen LogP contribution in [0.15, 0.2) is 6.07 Å². The van der Waals surface area contributed by atoms with Gasteiger partial charge in [0.15, 0.2) is 0 Å². The van der Waals surface area contributed by atoms with E-state index in [0.717, 1.165) is 38.2 Å². The van der Waals surface area contributed by atoms with E-state index >= 15 is 0 Å². The van der Waals surface area contributed by atoms with Gasteiger partial charge in [-0.05, 0) is 38.3 Å². The summed E-state index contributed by atoms with van der Waals surface area (Å²) in [5.74, 6) is 0.553. The summed E-state index contributed by atoms with van der Waals surface area (Å²) in [6.45, 7) is 7.06. The van der Waals surface area contributed by atoms with Crippen LogP contribution >= 0.6 is 0 Å². The van der Waals surface area contributed by atoms with E-state index < -0.39 is 0 Å². The molecule has 18 heavy (non-hydrogen) atoms. The lowest BCUT2D eigenvalue weighted by molar-refractivity contribution is 0.0775. The number of amides is 1. The Morgan fingerprint density at radius 3 is 2.89 bits per heavy atom. The number of nitrogens with zero attached hydrogens (tertiary/aromatic N) is 3.